The molecule has 4 atom stereocenters. The van der Waals surface area contributed by atoms with Gasteiger partial charge in [-0.05, 0) is 49.8 Å². The molecule has 1 heterocycles. The molecular formula is C18H27NO. The molecule has 1 aromatic rings. The molecule has 0 amide bonds. The molecule has 20 heavy (non-hydrogen) atoms. The van der Waals surface area contributed by atoms with Crippen LogP contribution in [0.4, 0.5) is 0 Å². The summed E-state index contributed by atoms with van der Waals surface area (Å²) in [5, 5.41) is 3.65. The fourth-order valence-corrected chi connectivity index (χ4v) is 4.32. The Labute approximate surface area is 122 Å². The van der Waals surface area contributed by atoms with E-state index in [2.05, 4.69) is 43.6 Å². The number of hydrogen-bond donors (Lipinski definition) is 1. The summed E-state index contributed by atoms with van der Waals surface area (Å²) in [4.78, 5) is 0. The number of ether oxygens (including phenoxy) is 1. The first kappa shape index (κ1) is 13.9. The lowest BCUT2D eigenvalue weighted by Gasteiger charge is -2.40. The summed E-state index contributed by atoms with van der Waals surface area (Å²) in [5.74, 6) is 3.42. The summed E-state index contributed by atoms with van der Waals surface area (Å²) in [6.45, 7) is 3.28. The highest BCUT2D eigenvalue weighted by atomic mass is 16.5. The highest BCUT2D eigenvalue weighted by Crippen LogP contribution is 2.41. The van der Waals surface area contributed by atoms with Crippen LogP contribution in [0.1, 0.15) is 50.5 Å². The molecule has 0 spiro atoms. The molecule has 0 bridgehead atoms. The molecule has 1 N–H and O–H groups in total. The fraction of sp³-hybridized carbons (Fsp3) is 0.667. The van der Waals surface area contributed by atoms with Gasteiger partial charge in [0.1, 0.15) is 5.75 Å². The highest BCUT2D eigenvalue weighted by molar-refractivity contribution is 5.38. The first-order valence-corrected chi connectivity index (χ1v) is 8.18. The summed E-state index contributed by atoms with van der Waals surface area (Å²) < 4.78 is 5.83. The number of rotatable bonds is 3. The van der Waals surface area contributed by atoms with E-state index >= 15 is 0 Å². The number of fused-ring (bicyclic) bond motifs is 1. The van der Waals surface area contributed by atoms with Crippen LogP contribution in [0.3, 0.4) is 0 Å². The topological polar surface area (TPSA) is 21.3 Å². The Bertz CT molecular complexity index is 445. The molecule has 0 saturated heterocycles. The van der Waals surface area contributed by atoms with Gasteiger partial charge < -0.3 is 10.1 Å². The largest absolute Gasteiger partial charge is 0.493 e. The highest BCUT2D eigenvalue weighted by Gasteiger charge is 2.34. The SMILES string of the molecule is CNC(C1CCCC(C)C1)C1CCOc2ccccc21. The van der Waals surface area contributed by atoms with Gasteiger partial charge >= 0.3 is 0 Å². The van der Waals surface area contributed by atoms with E-state index in [4.69, 9.17) is 4.74 Å². The summed E-state index contributed by atoms with van der Waals surface area (Å²) >= 11 is 0. The molecule has 0 aromatic heterocycles. The minimum absolute atomic E-state index is 0.600. The number of benzene rings is 1. The zero-order chi connectivity index (χ0) is 13.9. The van der Waals surface area contributed by atoms with Crippen molar-refractivity contribution in [2.24, 2.45) is 11.8 Å². The minimum Gasteiger partial charge on any atom is -0.493 e. The number of para-hydroxylation sites is 1. The number of hydrogen-bond acceptors (Lipinski definition) is 2. The van der Waals surface area contributed by atoms with Gasteiger partial charge in [0.25, 0.3) is 0 Å². The Hall–Kier alpha value is -1.02. The molecule has 1 fully saturated rings. The van der Waals surface area contributed by atoms with Crippen molar-refractivity contribution in [2.75, 3.05) is 13.7 Å². The molecule has 1 aromatic carbocycles. The van der Waals surface area contributed by atoms with E-state index in [-0.39, 0.29) is 0 Å². The van der Waals surface area contributed by atoms with Gasteiger partial charge in [-0.25, -0.2) is 0 Å². The van der Waals surface area contributed by atoms with Crippen LogP contribution in [-0.4, -0.2) is 19.7 Å². The van der Waals surface area contributed by atoms with Crippen LogP contribution in [0.5, 0.6) is 5.75 Å². The first-order chi connectivity index (χ1) is 9.79. The van der Waals surface area contributed by atoms with Gasteiger partial charge in [0, 0.05) is 12.0 Å². The van der Waals surface area contributed by atoms with Crippen molar-refractivity contribution in [1.29, 1.82) is 0 Å². The van der Waals surface area contributed by atoms with Crippen LogP contribution >= 0.6 is 0 Å². The van der Waals surface area contributed by atoms with E-state index in [0.29, 0.717) is 12.0 Å². The Morgan fingerprint density at radius 1 is 1.20 bits per heavy atom. The third-order valence-electron chi connectivity index (χ3n) is 5.26. The van der Waals surface area contributed by atoms with Gasteiger partial charge in [-0.3, -0.25) is 0 Å². The lowest BCUT2D eigenvalue weighted by atomic mass is 9.72. The van der Waals surface area contributed by atoms with Crippen LogP contribution in [0, 0.1) is 11.8 Å². The normalized spacial score (nSPS) is 31.2. The van der Waals surface area contributed by atoms with Crippen molar-refractivity contribution in [3.05, 3.63) is 29.8 Å². The lowest BCUT2D eigenvalue weighted by molar-refractivity contribution is 0.177. The Balaban J connectivity index is 1.83. The third-order valence-corrected chi connectivity index (χ3v) is 5.26. The van der Waals surface area contributed by atoms with E-state index < -0.39 is 0 Å². The van der Waals surface area contributed by atoms with E-state index in [0.717, 1.165) is 30.6 Å². The molecule has 3 rings (SSSR count). The van der Waals surface area contributed by atoms with Gasteiger partial charge in [0.15, 0.2) is 0 Å². The predicted octanol–water partition coefficient (Wildman–Crippen LogP) is 3.97. The van der Waals surface area contributed by atoms with Gasteiger partial charge in [0.2, 0.25) is 0 Å². The quantitative estimate of drug-likeness (QED) is 0.900. The molecule has 2 aliphatic rings. The smallest absolute Gasteiger partial charge is 0.122 e. The van der Waals surface area contributed by atoms with E-state index in [1.165, 1.54) is 31.2 Å². The zero-order valence-corrected chi connectivity index (χ0v) is 12.8. The standard InChI is InChI=1S/C18H27NO/c1-13-6-5-7-14(12-13)18(19-2)16-10-11-20-17-9-4-3-8-15(16)17/h3-4,8-9,13-14,16,18-19H,5-7,10-12H2,1-2H3. The van der Waals surface area contributed by atoms with Crippen molar-refractivity contribution in [3.8, 4) is 5.75 Å². The van der Waals surface area contributed by atoms with Gasteiger partial charge in [-0.15, -0.1) is 0 Å². The molecule has 2 heteroatoms. The Kier molecular flexibility index (Phi) is 4.30. The van der Waals surface area contributed by atoms with Crippen LogP contribution in [-0.2, 0) is 0 Å². The number of likely N-dealkylation sites (N-methyl/N-ethyl adjacent to an activating group) is 1. The monoisotopic (exact) mass is 273 g/mol. The molecular weight excluding hydrogens is 246 g/mol. The van der Waals surface area contributed by atoms with Crippen LogP contribution in [0.2, 0.25) is 0 Å². The second kappa shape index (κ2) is 6.17. The molecule has 1 saturated carbocycles. The zero-order valence-electron chi connectivity index (χ0n) is 12.8. The Morgan fingerprint density at radius 3 is 2.85 bits per heavy atom. The third kappa shape index (κ3) is 2.71. The van der Waals surface area contributed by atoms with Crippen LogP contribution in [0.15, 0.2) is 24.3 Å². The lowest BCUT2D eigenvalue weighted by Crippen LogP contribution is -2.42. The van der Waals surface area contributed by atoms with Crippen LogP contribution < -0.4 is 10.1 Å². The second-order valence-electron chi connectivity index (χ2n) is 6.63. The maximum atomic E-state index is 5.83. The summed E-state index contributed by atoms with van der Waals surface area (Å²) in [5.41, 5.74) is 1.41. The molecule has 1 aliphatic carbocycles. The molecule has 110 valence electrons. The van der Waals surface area contributed by atoms with E-state index in [1.807, 2.05) is 0 Å². The van der Waals surface area contributed by atoms with Crippen molar-refractivity contribution in [1.82, 2.24) is 5.32 Å². The molecule has 2 nitrogen and oxygen atoms in total. The van der Waals surface area contributed by atoms with E-state index in [1.54, 1.807) is 0 Å². The van der Waals surface area contributed by atoms with Crippen molar-refractivity contribution in [2.45, 2.75) is 51.0 Å². The molecule has 4 unspecified atom stereocenters. The van der Waals surface area contributed by atoms with Gasteiger partial charge in [-0.2, -0.15) is 0 Å². The van der Waals surface area contributed by atoms with Gasteiger partial charge in [0.05, 0.1) is 6.61 Å². The van der Waals surface area contributed by atoms with E-state index in [9.17, 15) is 0 Å². The average molecular weight is 273 g/mol. The van der Waals surface area contributed by atoms with Crippen LogP contribution in [0.25, 0.3) is 0 Å². The first-order valence-electron chi connectivity index (χ1n) is 8.18. The minimum atomic E-state index is 0.600. The summed E-state index contributed by atoms with van der Waals surface area (Å²) in [6, 6.07) is 9.21. The predicted molar refractivity (Wildman–Crippen MR) is 83.3 cm³/mol. The van der Waals surface area contributed by atoms with Crippen molar-refractivity contribution >= 4 is 0 Å². The second-order valence-corrected chi connectivity index (χ2v) is 6.63. The molecule has 1 aliphatic heterocycles. The summed E-state index contributed by atoms with van der Waals surface area (Å²) in [6.07, 6.45) is 6.72. The fourth-order valence-electron chi connectivity index (χ4n) is 4.32. The summed E-state index contributed by atoms with van der Waals surface area (Å²) in [7, 11) is 2.14. The Morgan fingerprint density at radius 2 is 2.05 bits per heavy atom. The molecule has 0 radical (unpaired) electrons. The van der Waals surface area contributed by atoms with Crippen molar-refractivity contribution in [3.63, 3.8) is 0 Å². The maximum absolute atomic E-state index is 5.83. The van der Waals surface area contributed by atoms with Gasteiger partial charge in [-0.1, -0.05) is 38.0 Å². The van der Waals surface area contributed by atoms with Crippen molar-refractivity contribution < 1.29 is 4.74 Å². The number of nitrogens with one attached hydrogen (secondary N) is 1. The average Bonchev–Trinajstić information content (AvgIpc) is 2.48. The maximum Gasteiger partial charge on any atom is 0.122 e.